The van der Waals surface area contributed by atoms with Gasteiger partial charge in [-0.1, -0.05) is 26.7 Å². The number of rotatable bonds is 4. The minimum absolute atomic E-state index is 0.180. The van der Waals surface area contributed by atoms with Gasteiger partial charge in [0.05, 0.1) is 10.5 Å². The van der Waals surface area contributed by atoms with E-state index in [1.54, 1.807) is 0 Å². The predicted molar refractivity (Wildman–Crippen MR) is 66.7 cm³/mol. The lowest BCUT2D eigenvalue weighted by Crippen LogP contribution is -2.51. The van der Waals surface area contributed by atoms with Gasteiger partial charge >= 0.3 is 6.03 Å². The number of nitrogens with one attached hydrogen (secondary N) is 1. The van der Waals surface area contributed by atoms with Gasteiger partial charge < -0.3 is 0 Å². The van der Waals surface area contributed by atoms with Crippen LogP contribution in [0.15, 0.2) is 4.99 Å². The summed E-state index contributed by atoms with van der Waals surface area (Å²) in [5.74, 6) is -0.180. The predicted octanol–water partition coefficient (Wildman–Crippen LogP) is 2.58. The molecule has 1 heterocycles. The summed E-state index contributed by atoms with van der Waals surface area (Å²) in [7, 11) is 0. The average Bonchev–Trinajstić information content (AvgIpc) is 2.24. The second kappa shape index (κ2) is 5.48. The topological polar surface area (TPSA) is 58.5 Å². The van der Waals surface area contributed by atoms with E-state index >= 15 is 0 Å². The Bertz CT molecular complexity index is 320. The molecular formula is C11H18N2O2S. The van der Waals surface area contributed by atoms with Crippen molar-refractivity contribution in [2.75, 3.05) is 6.26 Å². The Morgan fingerprint density at radius 1 is 1.25 bits per heavy atom. The molecule has 0 fully saturated rings. The standard InChI is InChI=1S/C11H18N2O2S/c1-4-6-11(7-5-2)8(14)12-10(15)13-9(11)16-3/h4-7H2,1-3H3,(H,12,14,15). The van der Waals surface area contributed by atoms with Crippen LogP contribution in [0.3, 0.4) is 0 Å². The number of amides is 3. The first-order valence-corrected chi connectivity index (χ1v) is 6.81. The van der Waals surface area contributed by atoms with E-state index in [-0.39, 0.29) is 5.91 Å². The summed E-state index contributed by atoms with van der Waals surface area (Å²) in [6.07, 6.45) is 5.17. The number of thioether (sulfide) groups is 1. The third kappa shape index (κ3) is 2.29. The molecule has 0 aliphatic carbocycles. The Hall–Kier alpha value is -0.840. The number of imide groups is 1. The molecule has 0 aromatic rings. The number of hydrogen-bond acceptors (Lipinski definition) is 3. The molecule has 5 heteroatoms. The number of carbonyl (C=O) groups excluding carboxylic acids is 2. The Morgan fingerprint density at radius 2 is 1.81 bits per heavy atom. The van der Waals surface area contributed by atoms with Crippen LogP contribution in [-0.2, 0) is 4.79 Å². The first-order chi connectivity index (χ1) is 7.60. The van der Waals surface area contributed by atoms with Crippen molar-refractivity contribution in [2.45, 2.75) is 39.5 Å². The number of carbonyl (C=O) groups is 2. The van der Waals surface area contributed by atoms with Crippen LogP contribution in [0.5, 0.6) is 0 Å². The molecule has 1 aliphatic rings. The number of aliphatic imine (C=N–C) groups is 1. The van der Waals surface area contributed by atoms with Crippen molar-refractivity contribution in [1.29, 1.82) is 0 Å². The van der Waals surface area contributed by atoms with Gasteiger partial charge in [0.2, 0.25) is 5.91 Å². The van der Waals surface area contributed by atoms with Crippen molar-refractivity contribution >= 4 is 28.7 Å². The van der Waals surface area contributed by atoms with Crippen LogP contribution in [0.2, 0.25) is 0 Å². The van der Waals surface area contributed by atoms with Gasteiger partial charge in [-0.3, -0.25) is 10.1 Å². The monoisotopic (exact) mass is 242 g/mol. The van der Waals surface area contributed by atoms with E-state index in [0.29, 0.717) is 5.04 Å². The Morgan fingerprint density at radius 3 is 2.25 bits per heavy atom. The fourth-order valence-corrected chi connectivity index (χ4v) is 3.06. The SMILES string of the molecule is CCCC1(CCC)C(=O)NC(=O)N=C1SC. The maximum Gasteiger partial charge on any atom is 0.348 e. The summed E-state index contributed by atoms with van der Waals surface area (Å²) < 4.78 is 0. The van der Waals surface area contributed by atoms with Gasteiger partial charge in [-0.15, -0.1) is 11.8 Å². The molecule has 0 bridgehead atoms. The van der Waals surface area contributed by atoms with E-state index in [4.69, 9.17) is 0 Å². The lowest BCUT2D eigenvalue weighted by atomic mass is 9.78. The van der Waals surface area contributed by atoms with Crippen LogP contribution in [0.4, 0.5) is 4.79 Å². The second-order valence-electron chi connectivity index (χ2n) is 3.96. The molecule has 0 saturated heterocycles. The van der Waals surface area contributed by atoms with Crippen LogP contribution in [0.25, 0.3) is 0 Å². The lowest BCUT2D eigenvalue weighted by Gasteiger charge is -2.34. The molecule has 4 nitrogen and oxygen atoms in total. The zero-order chi connectivity index (χ0) is 12.2. The van der Waals surface area contributed by atoms with Crippen molar-refractivity contribution < 1.29 is 9.59 Å². The molecule has 0 radical (unpaired) electrons. The average molecular weight is 242 g/mol. The normalized spacial score (nSPS) is 19.3. The van der Waals surface area contributed by atoms with Gasteiger partial charge in [-0.05, 0) is 19.1 Å². The molecule has 0 aromatic carbocycles. The Balaban J connectivity index is 3.14. The summed E-state index contributed by atoms with van der Waals surface area (Å²) in [5, 5.41) is 3.00. The third-order valence-corrected chi connectivity index (χ3v) is 3.68. The Kier molecular flexibility index (Phi) is 4.53. The van der Waals surface area contributed by atoms with Crippen molar-refractivity contribution in [3.05, 3.63) is 0 Å². The fraction of sp³-hybridized carbons (Fsp3) is 0.727. The van der Waals surface area contributed by atoms with E-state index in [2.05, 4.69) is 10.3 Å². The molecule has 0 aromatic heterocycles. The summed E-state index contributed by atoms with van der Waals surface area (Å²) in [5.41, 5.74) is -0.573. The zero-order valence-corrected chi connectivity index (χ0v) is 10.8. The molecule has 1 aliphatic heterocycles. The van der Waals surface area contributed by atoms with Gasteiger partial charge in [-0.2, -0.15) is 4.99 Å². The van der Waals surface area contributed by atoms with E-state index in [0.717, 1.165) is 25.7 Å². The second-order valence-corrected chi connectivity index (χ2v) is 4.76. The molecule has 90 valence electrons. The quantitative estimate of drug-likeness (QED) is 0.824. The summed E-state index contributed by atoms with van der Waals surface area (Å²) in [6.45, 7) is 4.08. The highest BCUT2D eigenvalue weighted by molar-refractivity contribution is 8.13. The molecule has 0 unspecified atom stereocenters. The van der Waals surface area contributed by atoms with Crippen LogP contribution >= 0.6 is 11.8 Å². The largest absolute Gasteiger partial charge is 0.348 e. The molecule has 1 rings (SSSR count). The third-order valence-electron chi connectivity index (χ3n) is 2.81. The van der Waals surface area contributed by atoms with E-state index in [9.17, 15) is 9.59 Å². The Labute approximate surface area is 100 Å². The van der Waals surface area contributed by atoms with Gasteiger partial charge in [0.1, 0.15) is 0 Å². The smallest absolute Gasteiger partial charge is 0.275 e. The van der Waals surface area contributed by atoms with E-state index in [1.165, 1.54) is 11.8 Å². The summed E-state index contributed by atoms with van der Waals surface area (Å²) in [4.78, 5) is 27.2. The zero-order valence-electron chi connectivity index (χ0n) is 10.0. The van der Waals surface area contributed by atoms with Gasteiger partial charge in [-0.25, -0.2) is 4.79 Å². The number of urea groups is 1. The molecule has 0 atom stereocenters. The lowest BCUT2D eigenvalue weighted by molar-refractivity contribution is -0.127. The maximum absolute atomic E-state index is 12.0. The van der Waals surface area contributed by atoms with Crippen molar-refractivity contribution in [3.63, 3.8) is 0 Å². The first kappa shape index (κ1) is 13.2. The van der Waals surface area contributed by atoms with Crippen LogP contribution < -0.4 is 5.32 Å². The van der Waals surface area contributed by atoms with Crippen molar-refractivity contribution in [2.24, 2.45) is 10.4 Å². The molecule has 16 heavy (non-hydrogen) atoms. The molecule has 0 spiro atoms. The first-order valence-electron chi connectivity index (χ1n) is 5.59. The maximum atomic E-state index is 12.0. The van der Waals surface area contributed by atoms with Crippen LogP contribution in [0, 0.1) is 5.41 Å². The van der Waals surface area contributed by atoms with Crippen molar-refractivity contribution in [3.8, 4) is 0 Å². The fourth-order valence-electron chi connectivity index (χ4n) is 2.20. The number of nitrogens with zero attached hydrogens (tertiary/aromatic N) is 1. The van der Waals surface area contributed by atoms with Crippen LogP contribution in [0.1, 0.15) is 39.5 Å². The molecular weight excluding hydrogens is 224 g/mol. The minimum Gasteiger partial charge on any atom is -0.275 e. The highest BCUT2D eigenvalue weighted by Gasteiger charge is 2.45. The van der Waals surface area contributed by atoms with Crippen LogP contribution in [-0.4, -0.2) is 23.2 Å². The highest BCUT2D eigenvalue weighted by Crippen LogP contribution is 2.37. The van der Waals surface area contributed by atoms with Gasteiger partial charge in [0.15, 0.2) is 0 Å². The van der Waals surface area contributed by atoms with E-state index in [1.807, 2.05) is 20.1 Å². The number of hydrogen-bond donors (Lipinski definition) is 1. The molecule has 0 saturated carbocycles. The van der Waals surface area contributed by atoms with E-state index < -0.39 is 11.4 Å². The molecule has 3 amide bonds. The summed E-state index contributed by atoms with van der Waals surface area (Å²) >= 11 is 1.41. The molecule has 1 N–H and O–H groups in total. The summed E-state index contributed by atoms with van der Waals surface area (Å²) in [6, 6.07) is -0.530. The van der Waals surface area contributed by atoms with Gasteiger partial charge in [0, 0.05) is 0 Å². The highest BCUT2D eigenvalue weighted by atomic mass is 32.2. The van der Waals surface area contributed by atoms with Crippen molar-refractivity contribution in [1.82, 2.24) is 5.32 Å². The van der Waals surface area contributed by atoms with Gasteiger partial charge in [0.25, 0.3) is 0 Å². The minimum atomic E-state index is -0.573.